The molecule has 0 atom stereocenters. The van der Waals surface area contributed by atoms with Crippen LogP contribution >= 0.6 is 11.6 Å². The van der Waals surface area contributed by atoms with E-state index < -0.39 is 11.9 Å². The molecule has 0 spiro atoms. The van der Waals surface area contributed by atoms with Crippen LogP contribution < -0.4 is 0 Å². The van der Waals surface area contributed by atoms with Crippen molar-refractivity contribution >= 4 is 17.7 Å². The van der Waals surface area contributed by atoms with Gasteiger partial charge in [-0.3, -0.25) is 4.98 Å². The van der Waals surface area contributed by atoms with Crippen LogP contribution in [-0.4, -0.2) is 10.9 Å². The summed E-state index contributed by atoms with van der Waals surface area (Å²) in [5.74, 6) is 0.320. The highest BCUT2D eigenvalue weighted by molar-refractivity contribution is 6.19. The summed E-state index contributed by atoms with van der Waals surface area (Å²) < 4.78 is 36.2. The summed E-state index contributed by atoms with van der Waals surface area (Å²) in [5.41, 5.74) is -0.292. The summed E-state index contributed by atoms with van der Waals surface area (Å²) in [7, 11) is 0. The van der Waals surface area contributed by atoms with Crippen LogP contribution in [0.25, 0.3) is 6.08 Å². The predicted octanol–water partition coefficient (Wildman–Crippen LogP) is 3.35. The maximum Gasteiger partial charge on any atom is 0.433 e. The number of pyridine rings is 1. The van der Waals surface area contributed by atoms with Crippen LogP contribution in [0.4, 0.5) is 13.2 Å². The van der Waals surface area contributed by atoms with E-state index in [0.717, 1.165) is 12.3 Å². The van der Waals surface area contributed by atoms with Gasteiger partial charge in [-0.05, 0) is 11.6 Å². The van der Waals surface area contributed by atoms with E-state index >= 15 is 0 Å². The first kappa shape index (κ1) is 11.0. The molecule has 0 fully saturated rings. The summed E-state index contributed by atoms with van der Waals surface area (Å²) in [4.78, 5) is 3.28. The molecule has 0 N–H and O–H groups in total. The van der Waals surface area contributed by atoms with Crippen molar-refractivity contribution in [2.45, 2.75) is 6.18 Å². The van der Waals surface area contributed by atoms with Crippen LogP contribution in [0.2, 0.25) is 0 Å². The lowest BCUT2D eigenvalue weighted by atomic mass is 10.2. The quantitative estimate of drug-likeness (QED) is 0.698. The molecule has 1 aromatic rings. The maximum atomic E-state index is 12.1. The van der Waals surface area contributed by atoms with Crippen LogP contribution in [0.3, 0.4) is 0 Å². The molecule has 0 aromatic carbocycles. The summed E-state index contributed by atoms with van der Waals surface area (Å²) in [6, 6.07) is 2.28. The van der Waals surface area contributed by atoms with Crippen molar-refractivity contribution in [1.29, 1.82) is 0 Å². The van der Waals surface area contributed by atoms with Gasteiger partial charge in [0.25, 0.3) is 0 Å². The van der Waals surface area contributed by atoms with Crippen molar-refractivity contribution < 1.29 is 13.2 Å². The molecule has 1 rings (SSSR count). The Balaban J connectivity index is 2.84. The summed E-state index contributed by atoms with van der Waals surface area (Å²) >= 11 is 5.37. The van der Waals surface area contributed by atoms with Crippen LogP contribution in [0.15, 0.2) is 24.4 Å². The van der Waals surface area contributed by atoms with Crippen LogP contribution in [-0.2, 0) is 6.18 Å². The molecule has 1 heterocycles. The third-order valence-electron chi connectivity index (χ3n) is 1.48. The van der Waals surface area contributed by atoms with Gasteiger partial charge in [0.2, 0.25) is 0 Å². The van der Waals surface area contributed by atoms with E-state index in [1.54, 1.807) is 12.2 Å². The van der Waals surface area contributed by atoms with Crippen molar-refractivity contribution in [3.8, 4) is 0 Å². The number of rotatable bonds is 2. The van der Waals surface area contributed by atoms with E-state index in [1.807, 2.05) is 0 Å². The average molecular weight is 222 g/mol. The van der Waals surface area contributed by atoms with E-state index in [9.17, 15) is 13.2 Å². The number of hydrogen-bond acceptors (Lipinski definition) is 1. The zero-order valence-corrected chi connectivity index (χ0v) is 7.81. The van der Waals surface area contributed by atoms with Gasteiger partial charge in [-0.25, -0.2) is 0 Å². The van der Waals surface area contributed by atoms with Crippen LogP contribution in [0.5, 0.6) is 0 Å². The first-order valence-electron chi connectivity index (χ1n) is 3.80. The first-order chi connectivity index (χ1) is 6.54. The number of alkyl halides is 4. The third-order valence-corrected chi connectivity index (χ3v) is 1.65. The molecule has 0 amide bonds. The molecule has 0 saturated heterocycles. The third kappa shape index (κ3) is 3.03. The molecule has 76 valence electrons. The van der Waals surface area contributed by atoms with Gasteiger partial charge in [0.05, 0.1) is 0 Å². The minimum atomic E-state index is -4.38. The van der Waals surface area contributed by atoms with E-state index in [4.69, 9.17) is 11.6 Å². The fourth-order valence-corrected chi connectivity index (χ4v) is 0.941. The largest absolute Gasteiger partial charge is 0.433 e. The number of halogens is 4. The molecular weight excluding hydrogens is 215 g/mol. The zero-order chi connectivity index (χ0) is 10.6. The molecule has 0 unspecified atom stereocenters. The molecular formula is C9H7ClF3N. The summed E-state index contributed by atoms with van der Waals surface area (Å²) in [6.07, 6.45) is 0.0204. The minimum absolute atomic E-state index is 0.320. The summed E-state index contributed by atoms with van der Waals surface area (Å²) in [6.45, 7) is 0. The fraction of sp³-hybridized carbons (Fsp3) is 0.222. The second-order valence-electron chi connectivity index (χ2n) is 2.53. The number of allylic oxidation sites excluding steroid dienone is 1. The minimum Gasteiger partial charge on any atom is -0.251 e. The predicted molar refractivity (Wildman–Crippen MR) is 49.0 cm³/mol. The normalized spacial score (nSPS) is 12.3. The average Bonchev–Trinajstić information content (AvgIpc) is 2.14. The highest BCUT2D eigenvalue weighted by atomic mass is 35.5. The Hall–Kier alpha value is -1.03. The van der Waals surface area contributed by atoms with E-state index in [0.29, 0.717) is 11.4 Å². The fourth-order valence-electron chi connectivity index (χ4n) is 0.852. The standard InChI is InChI=1S/C9H7ClF3N/c10-5-1-2-7-3-4-8(14-6-7)9(11,12)13/h1-4,6H,5H2/b2-1+. The zero-order valence-electron chi connectivity index (χ0n) is 7.05. The Morgan fingerprint density at radius 2 is 2.07 bits per heavy atom. The lowest BCUT2D eigenvalue weighted by Crippen LogP contribution is -2.07. The molecule has 5 heteroatoms. The highest BCUT2D eigenvalue weighted by Crippen LogP contribution is 2.27. The van der Waals surface area contributed by atoms with Gasteiger partial charge in [-0.2, -0.15) is 13.2 Å². The highest BCUT2D eigenvalue weighted by Gasteiger charge is 2.31. The monoisotopic (exact) mass is 221 g/mol. The number of aromatic nitrogens is 1. The van der Waals surface area contributed by atoms with Gasteiger partial charge in [0, 0.05) is 12.1 Å². The van der Waals surface area contributed by atoms with Gasteiger partial charge in [0.15, 0.2) is 0 Å². The second kappa shape index (κ2) is 4.46. The molecule has 0 bridgehead atoms. The smallest absolute Gasteiger partial charge is 0.251 e. The van der Waals surface area contributed by atoms with Gasteiger partial charge in [-0.1, -0.05) is 18.2 Å². The first-order valence-corrected chi connectivity index (χ1v) is 4.33. The van der Waals surface area contributed by atoms with Crippen molar-refractivity contribution in [3.63, 3.8) is 0 Å². The van der Waals surface area contributed by atoms with Crippen molar-refractivity contribution in [1.82, 2.24) is 4.98 Å². The van der Waals surface area contributed by atoms with Gasteiger partial charge >= 0.3 is 6.18 Å². The topological polar surface area (TPSA) is 12.9 Å². The van der Waals surface area contributed by atoms with Crippen LogP contribution in [0.1, 0.15) is 11.3 Å². The van der Waals surface area contributed by atoms with Crippen molar-refractivity contribution in [2.24, 2.45) is 0 Å². The molecule has 0 aliphatic heterocycles. The van der Waals surface area contributed by atoms with Crippen molar-refractivity contribution in [2.75, 3.05) is 5.88 Å². The Morgan fingerprint density at radius 3 is 2.50 bits per heavy atom. The Kier molecular flexibility index (Phi) is 3.52. The molecule has 1 nitrogen and oxygen atoms in total. The van der Waals surface area contributed by atoms with Crippen molar-refractivity contribution in [3.05, 3.63) is 35.7 Å². The molecule has 0 aliphatic rings. The molecule has 0 aliphatic carbocycles. The summed E-state index contributed by atoms with van der Waals surface area (Å²) in [5, 5.41) is 0. The number of nitrogens with zero attached hydrogens (tertiary/aromatic N) is 1. The van der Waals surface area contributed by atoms with Gasteiger partial charge in [0.1, 0.15) is 5.69 Å². The van der Waals surface area contributed by atoms with E-state index in [2.05, 4.69) is 4.98 Å². The van der Waals surface area contributed by atoms with E-state index in [1.165, 1.54) is 6.07 Å². The van der Waals surface area contributed by atoms with Gasteiger partial charge < -0.3 is 0 Å². The Morgan fingerprint density at radius 1 is 1.36 bits per heavy atom. The molecule has 1 aromatic heterocycles. The molecule has 0 radical (unpaired) electrons. The van der Waals surface area contributed by atoms with Crippen LogP contribution in [0, 0.1) is 0 Å². The maximum absolute atomic E-state index is 12.1. The molecule has 14 heavy (non-hydrogen) atoms. The number of hydrogen-bond donors (Lipinski definition) is 0. The lowest BCUT2D eigenvalue weighted by Gasteiger charge is -2.04. The van der Waals surface area contributed by atoms with Gasteiger partial charge in [-0.15, -0.1) is 11.6 Å². The molecule has 0 saturated carbocycles. The Labute approximate surface area is 84.2 Å². The Bertz CT molecular complexity index is 316. The SMILES string of the molecule is FC(F)(F)c1ccc(/C=C/CCl)cn1. The second-order valence-corrected chi connectivity index (χ2v) is 2.84. The lowest BCUT2D eigenvalue weighted by molar-refractivity contribution is -0.141. The van der Waals surface area contributed by atoms with E-state index in [-0.39, 0.29) is 0 Å².